The van der Waals surface area contributed by atoms with E-state index < -0.39 is 0 Å². The van der Waals surface area contributed by atoms with E-state index in [2.05, 4.69) is 22.7 Å². The highest BCUT2D eigenvalue weighted by Gasteiger charge is 2.19. The van der Waals surface area contributed by atoms with Crippen molar-refractivity contribution in [1.82, 2.24) is 20.4 Å². The Bertz CT molecular complexity index is 454. The van der Waals surface area contributed by atoms with Crippen molar-refractivity contribution < 1.29 is 9.53 Å². The van der Waals surface area contributed by atoms with Crippen LogP contribution in [-0.2, 0) is 16.1 Å². The summed E-state index contributed by atoms with van der Waals surface area (Å²) >= 11 is 0. The van der Waals surface area contributed by atoms with Crippen LogP contribution in [0.3, 0.4) is 0 Å². The van der Waals surface area contributed by atoms with E-state index in [0.29, 0.717) is 6.54 Å². The largest absolute Gasteiger partial charge is 0.376 e. The molecule has 1 fully saturated rings. The third-order valence-corrected chi connectivity index (χ3v) is 3.68. The number of hydrogen-bond donors (Lipinski definition) is 2. The van der Waals surface area contributed by atoms with Gasteiger partial charge in [-0.3, -0.25) is 9.48 Å². The van der Waals surface area contributed by atoms with Crippen LogP contribution < -0.4 is 10.6 Å². The van der Waals surface area contributed by atoms with Crippen molar-refractivity contribution >= 4 is 5.91 Å². The molecule has 0 saturated carbocycles. The summed E-state index contributed by atoms with van der Waals surface area (Å²) in [6.45, 7) is 8.13. The zero-order valence-corrected chi connectivity index (χ0v) is 13.1. The van der Waals surface area contributed by atoms with E-state index in [0.717, 1.165) is 31.6 Å². The van der Waals surface area contributed by atoms with Gasteiger partial charge in [0.1, 0.15) is 0 Å². The van der Waals surface area contributed by atoms with Crippen molar-refractivity contribution in [1.29, 1.82) is 0 Å². The number of carbonyl (C=O) groups is 1. The molecule has 0 aromatic carbocycles. The molecule has 3 atom stereocenters. The molecule has 6 heteroatoms. The molecule has 6 nitrogen and oxygen atoms in total. The smallest absolute Gasteiger partial charge is 0.236 e. The van der Waals surface area contributed by atoms with Crippen molar-refractivity contribution in [2.45, 2.75) is 58.3 Å². The van der Waals surface area contributed by atoms with Gasteiger partial charge in [0.25, 0.3) is 0 Å². The summed E-state index contributed by atoms with van der Waals surface area (Å²) < 4.78 is 7.39. The summed E-state index contributed by atoms with van der Waals surface area (Å²) in [4.78, 5) is 12.0. The first kappa shape index (κ1) is 16.0. The average molecular weight is 294 g/mol. The van der Waals surface area contributed by atoms with Crippen molar-refractivity contribution in [2.75, 3.05) is 13.2 Å². The fourth-order valence-electron chi connectivity index (χ4n) is 2.58. The number of rotatable bonds is 7. The Labute approximate surface area is 126 Å². The normalized spacial score (nSPS) is 21.2. The van der Waals surface area contributed by atoms with Crippen LogP contribution in [0.2, 0.25) is 0 Å². The SMILES string of the molecule is Cc1cnn(C[C@H](C)N[C@@H](C)C(=O)NC[C@@H]2CCCO2)c1. The molecule has 0 bridgehead atoms. The first-order chi connectivity index (χ1) is 10.0. The highest BCUT2D eigenvalue weighted by molar-refractivity contribution is 5.81. The first-order valence-corrected chi connectivity index (χ1v) is 7.69. The van der Waals surface area contributed by atoms with Gasteiger partial charge in [0.15, 0.2) is 0 Å². The molecule has 118 valence electrons. The minimum Gasteiger partial charge on any atom is -0.376 e. The Morgan fingerprint density at radius 2 is 2.38 bits per heavy atom. The number of hydrogen-bond acceptors (Lipinski definition) is 4. The molecule has 2 N–H and O–H groups in total. The van der Waals surface area contributed by atoms with Gasteiger partial charge in [-0.1, -0.05) is 0 Å². The van der Waals surface area contributed by atoms with Crippen molar-refractivity contribution in [3.05, 3.63) is 18.0 Å². The van der Waals surface area contributed by atoms with Crippen LogP contribution in [0.5, 0.6) is 0 Å². The van der Waals surface area contributed by atoms with Crippen LogP contribution >= 0.6 is 0 Å². The molecule has 1 aliphatic rings. The predicted octanol–water partition coefficient (Wildman–Crippen LogP) is 0.853. The number of aromatic nitrogens is 2. The highest BCUT2D eigenvalue weighted by Crippen LogP contribution is 2.10. The Balaban J connectivity index is 1.69. The molecular formula is C15H26N4O2. The third kappa shape index (κ3) is 5.13. The average Bonchev–Trinajstić information content (AvgIpc) is 3.07. The minimum absolute atomic E-state index is 0.0222. The van der Waals surface area contributed by atoms with Gasteiger partial charge in [-0.25, -0.2) is 0 Å². The van der Waals surface area contributed by atoms with Gasteiger partial charge in [-0.2, -0.15) is 5.10 Å². The van der Waals surface area contributed by atoms with E-state index in [4.69, 9.17) is 4.74 Å². The summed E-state index contributed by atoms with van der Waals surface area (Å²) in [5.41, 5.74) is 1.14. The van der Waals surface area contributed by atoms with Crippen LogP contribution in [0.4, 0.5) is 0 Å². The Hall–Kier alpha value is -1.40. The highest BCUT2D eigenvalue weighted by atomic mass is 16.5. The standard InChI is InChI=1S/C15H26N4O2/c1-11-7-17-19(9-11)10-12(2)18-13(3)15(20)16-8-14-5-4-6-21-14/h7,9,12-14,18H,4-6,8,10H2,1-3H3,(H,16,20)/t12-,13-,14-/m0/s1. The van der Waals surface area contributed by atoms with Gasteiger partial charge in [0.05, 0.1) is 24.9 Å². The minimum atomic E-state index is -0.224. The second-order valence-corrected chi connectivity index (χ2v) is 5.91. The van der Waals surface area contributed by atoms with E-state index in [1.54, 1.807) is 0 Å². The molecule has 0 spiro atoms. The molecule has 2 rings (SSSR count). The van der Waals surface area contributed by atoms with Gasteiger partial charge in [-0.05, 0) is 39.2 Å². The lowest BCUT2D eigenvalue weighted by molar-refractivity contribution is -0.123. The summed E-state index contributed by atoms with van der Waals surface area (Å²) in [7, 11) is 0. The second kappa shape index (κ2) is 7.56. The molecule has 0 aliphatic carbocycles. The van der Waals surface area contributed by atoms with Gasteiger partial charge >= 0.3 is 0 Å². The number of amides is 1. The molecule has 1 saturated heterocycles. The maximum absolute atomic E-state index is 12.0. The van der Waals surface area contributed by atoms with E-state index in [1.807, 2.05) is 30.9 Å². The fraction of sp³-hybridized carbons (Fsp3) is 0.733. The fourth-order valence-corrected chi connectivity index (χ4v) is 2.58. The molecule has 1 amide bonds. The van der Waals surface area contributed by atoms with E-state index in [-0.39, 0.29) is 24.1 Å². The van der Waals surface area contributed by atoms with Gasteiger partial charge in [0.2, 0.25) is 5.91 Å². The molecule has 21 heavy (non-hydrogen) atoms. The van der Waals surface area contributed by atoms with Crippen molar-refractivity contribution in [3.8, 4) is 0 Å². The van der Waals surface area contributed by atoms with Crippen LogP contribution in [0.15, 0.2) is 12.4 Å². The zero-order valence-electron chi connectivity index (χ0n) is 13.1. The maximum Gasteiger partial charge on any atom is 0.236 e. The maximum atomic E-state index is 12.0. The van der Waals surface area contributed by atoms with E-state index >= 15 is 0 Å². The number of nitrogens with one attached hydrogen (secondary N) is 2. The Morgan fingerprint density at radius 3 is 3.00 bits per heavy atom. The van der Waals surface area contributed by atoms with Crippen LogP contribution in [0, 0.1) is 6.92 Å². The van der Waals surface area contributed by atoms with Crippen LogP contribution in [0.25, 0.3) is 0 Å². The van der Waals surface area contributed by atoms with E-state index in [1.165, 1.54) is 0 Å². The lowest BCUT2D eigenvalue weighted by atomic mass is 10.2. The molecule has 1 aliphatic heterocycles. The summed E-state index contributed by atoms with van der Waals surface area (Å²) in [6.07, 6.45) is 6.15. The quantitative estimate of drug-likeness (QED) is 0.782. The number of nitrogens with zero attached hydrogens (tertiary/aromatic N) is 2. The Kier molecular flexibility index (Phi) is 5.76. The molecular weight excluding hydrogens is 268 g/mol. The van der Waals surface area contributed by atoms with Gasteiger partial charge in [0, 0.05) is 25.4 Å². The first-order valence-electron chi connectivity index (χ1n) is 7.69. The molecule has 0 unspecified atom stereocenters. The number of ether oxygens (including phenoxy) is 1. The third-order valence-electron chi connectivity index (χ3n) is 3.68. The summed E-state index contributed by atoms with van der Waals surface area (Å²) in [5.74, 6) is 0.0222. The van der Waals surface area contributed by atoms with E-state index in [9.17, 15) is 4.79 Å². The van der Waals surface area contributed by atoms with Crippen LogP contribution in [-0.4, -0.2) is 47.0 Å². The summed E-state index contributed by atoms with van der Waals surface area (Å²) in [5, 5.41) is 10.5. The lowest BCUT2D eigenvalue weighted by Crippen LogP contribution is -2.48. The van der Waals surface area contributed by atoms with Gasteiger partial charge < -0.3 is 15.4 Å². The number of aryl methyl sites for hydroxylation is 1. The lowest BCUT2D eigenvalue weighted by Gasteiger charge is -2.20. The summed E-state index contributed by atoms with van der Waals surface area (Å²) in [6, 6.07) is -0.0501. The zero-order chi connectivity index (χ0) is 15.2. The predicted molar refractivity (Wildman–Crippen MR) is 81.0 cm³/mol. The molecule has 0 radical (unpaired) electrons. The monoisotopic (exact) mass is 294 g/mol. The van der Waals surface area contributed by atoms with Crippen LogP contribution in [0.1, 0.15) is 32.3 Å². The number of carbonyl (C=O) groups excluding carboxylic acids is 1. The second-order valence-electron chi connectivity index (χ2n) is 5.91. The van der Waals surface area contributed by atoms with Gasteiger partial charge in [-0.15, -0.1) is 0 Å². The van der Waals surface area contributed by atoms with Crippen molar-refractivity contribution in [3.63, 3.8) is 0 Å². The van der Waals surface area contributed by atoms with Crippen molar-refractivity contribution in [2.24, 2.45) is 0 Å². The molecule has 1 aromatic rings. The Morgan fingerprint density at radius 1 is 1.57 bits per heavy atom. The topological polar surface area (TPSA) is 68.2 Å². The molecule has 2 heterocycles. The molecule has 1 aromatic heterocycles.